The number of furan rings is 1. The molecule has 1 atom stereocenters. The molecule has 2 heterocycles. The van der Waals surface area contributed by atoms with Crippen LogP contribution in [0.3, 0.4) is 0 Å². The number of aliphatic hydroxyl groups is 1. The number of anilines is 1. The molecule has 0 aliphatic heterocycles. The van der Waals surface area contributed by atoms with Gasteiger partial charge in [-0.25, -0.2) is 4.98 Å². The van der Waals surface area contributed by atoms with Crippen molar-refractivity contribution in [2.75, 3.05) is 18.5 Å². The number of hydrogen-bond donors (Lipinski definition) is 2. The average Bonchev–Trinajstić information content (AvgIpc) is 2.98. The van der Waals surface area contributed by atoms with Crippen LogP contribution in [0.25, 0.3) is 0 Å². The minimum Gasteiger partial charge on any atom is -0.475 e. The number of pyridine rings is 1. The number of ether oxygens (including phenoxy) is 1. The zero-order chi connectivity index (χ0) is 17.1. The smallest absolute Gasteiger partial charge is 0.259 e. The second kappa shape index (κ2) is 6.84. The number of aromatic nitrogens is 1. The van der Waals surface area contributed by atoms with E-state index in [-0.39, 0.29) is 30.5 Å². The van der Waals surface area contributed by atoms with Crippen molar-refractivity contribution in [1.29, 1.82) is 0 Å². The lowest BCUT2D eigenvalue weighted by molar-refractivity contribution is 0.0937. The third-order valence-corrected chi connectivity index (χ3v) is 3.79. The normalized spacial score (nSPS) is 16.6. The highest BCUT2D eigenvalue weighted by atomic mass is 16.5. The van der Waals surface area contributed by atoms with Gasteiger partial charge in [-0.05, 0) is 12.0 Å². The van der Waals surface area contributed by atoms with Crippen molar-refractivity contribution in [2.24, 2.45) is 5.92 Å². The third-order valence-electron chi connectivity index (χ3n) is 3.79. The molecule has 0 spiro atoms. The van der Waals surface area contributed by atoms with Crippen molar-refractivity contribution in [3.05, 3.63) is 41.5 Å². The minimum atomic E-state index is -0.409. The Morgan fingerprint density at radius 1 is 1.46 bits per heavy atom. The van der Waals surface area contributed by atoms with Gasteiger partial charge in [0.15, 0.2) is 5.78 Å². The SMILES string of the molecule is CC1CC(=O)c2c(C(=O)Nc3ccc(OCCO)nc3)coc2C1. The Balaban J connectivity index is 1.73. The van der Waals surface area contributed by atoms with Crippen LogP contribution in [-0.2, 0) is 6.42 Å². The van der Waals surface area contributed by atoms with Gasteiger partial charge in [-0.15, -0.1) is 0 Å². The van der Waals surface area contributed by atoms with Crippen LogP contribution in [0.1, 0.15) is 39.8 Å². The van der Waals surface area contributed by atoms with Crippen LogP contribution >= 0.6 is 0 Å². The Bertz CT molecular complexity index is 751. The van der Waals surface area contributed by atoms with Gasteiger partial charge in [-0.2, -0.15) is 0 Å². The highest BCUT2D eigenvalue weighted by Gasteiger charge is 2.30. The number of ketones is 1. The van der Waals surface area contributed by atoms with Gasteiger partial charge in [0.05, 0.1) is 29.6 Å². The number of hydrogen-bond acceptors (Lipinski definition) is 6. The summed E-state index contributed by atoms with van der Waals surface area (Å²) in [5, 5.41) is 11.4. The summed E-state index contributed by atoms with van der Waals surface area (Å²) < 4.78 is 10.6. The van der Waals surface area contributed by atoms with Crippen LogP contribution in [0.5, 0.6) is 5.88 Å². The van der Waals surface area contributed by atoms with Crippen LogP contribution in [0.15, 0.2) is 29.0 Å². The molecule has 7 heteroatoms. The first-order valence-electron chi connectivity index (χ1n) is 7.73. The van der Waals surface area contributed by atoms with Crippen LogP contribution in [0.2, 0.25) is 0 Å². The number of fused-ring (bicyclic) bond motifs is 1. The van der Waals surface area contributed by atoms with Crippen molar-refractivity contribution in [2.45, 2.75) is 19.8 Å². The molecule has 0 saturated heterocycles. The molecule has 2 aromatic rings. The van der Waals surface area contributed by atoms with Crippen LogP contribution in [0, 0.1) is 5.92 Å². The van der Waals surface area contributed by atoms with Gasteiger partial charge >= 0.3 is 0 Å². The Morgan fingerprint density at radius 2 is 2.29 bits per heavy atom. The molecule has 7 nitrogen and oxygen atoms in total. The van der Waals surface area contributed by atoms with Gasteiger partial charge in [0.2, 0.25) is 5.88 Å². The van der Waals surface area contributed by atoms with E-state index in [0.717, 1.165) is 0 Å². The van der Waals surface area contributed by atoms with Crippen molar-refractivity contribution in [3.8, 4) is 5.88 Å². The maximum absolute atomic E-state index is 12.4. The summed E-state index contributed by atoms with van der Waals surface area (Å²) in [7, 11) is 0. The molecule has 0 aromatic carbocycles. The van der Waals surface area contributed by atoms with Crippen molar-refractivity contribution < 1.29 is 23.8 Å². The van der Waals surface area contributed by atoms with E-state index in [9.17, 15) is 9.59 Å². The van der Waals surface area contributed by atoms with Gasteiger partial charge in [-0.1, -0.05) is 6.92 Å². The number of Topliss-reactive ketones (excluding diaryl/α,β-unsaturated/α-hetero) is 1. The van der Waals surface area contributed by atoms with Crippen molar-refractivity contribution in [3.63, 3.8) is 0 Å². The van der Waals surface area contributed by atoms with Gasteiger partial charge in [0.1, 0.15) is 18.6 Å². The minimum absolute atomic E-state index is 0.0615. The van der Waals surface area contributed by atoms with Crippen LogP contribution in [-0.4, -0.2) is 35.0 Å². The van der Waals surface area contributed by atoms with E-state index >= 15 is 0 Å². The van der Waals surface area contributed by atoms with Gasteiger partial charge in [0, 0.05) is 18.9 Å². The summed E-state index contributed by atoms with van der Waals surface area (Å²) in [5.41, 5.74) is 1.12. The summed E-state index contributed by atoms with van der Waals surface area (Å²) in [4.78, 5) is 28.6. The summed E-state index contributed by atoms with van der Waals surface area (Å²) in [5.74, 6) is 0.687. The lowest BCUT2D eigenvalue weighted by Gasteiger charge is -2.16. The van der Waals surface area contributed by atoms with E-state index in [1.165, 1.54) is 12.5 Å². The number of nitrogens with one attached hydrogen (secondary N) is 1. The topological polar surface area (TPSA) is 102 Å². The molecule has 1 amide bonds. The molecule has 2 N–H and O–H groups in total. The molecule has 24 heavy (non-hydrogen) atoms. The van der Waals surface area contributed by atoms with Gasteiger partial charge in [-0.3, -0.25) is 9.59 Å². The Hall–Kier alpha value is -2.67. The Labute approximate surface area is 138 Å². The maximum atomic E-state index is 12.4. The zero-order valence-corrected chi connectivity index (χ0v) is 13.2. The fourth-order valence-electron chi connectivity index (χ4n) is 2.72. The number of amides is 1. The number of rotatable bonds is 5. The molecule has 3 rings (SSSR count). The molecular formula is C17H18N2O5. The fraction of sp³-hybridized carbons (Fsp3) is 0.353. The van der Waals surface area contributed by atoms with Crippen molar-refractivity contribution in [1.82, 2.24) is 4.98 Å². The predicted molar refractivity (Wildman–Crippen MR) is 85.3 cm³/mol. The second-order valence-electron chi connectivity index (χ2n) is 5.80. The van der Waals surface area contributed by atoms with Crippen LogP contribution in [0.4, 0.5) is 5.69 Å². The molecule has 0 saturated carbocycles. The molecule has 126 valence electrons. The standard InChI is InChI=1S/C17H18N2O5/c1-10-6-13(21)16-12(9-24-14(16)7-10)17(22)19-11-2-3-15(18-8-11)23-5-4-20/h2-3,8-10,20H,4-7H2,1H3,(H,19,22). The van der Waals surface area contributed by atoms with E-state index in [2.05, 4.69) is 10.3 Å². The number of nitrogens with zero attached hydrogens (tertiary/aromatic N) is 1. The summed E-state index contributed by atoms with van der Waals surface area (Å²) in [6.45, 7) is 2.04. The molecule has 0 fully saturated rings. The van der Waals surface area contributed by atoms with Gasteiger partial charge in [0.25, 0.3) is 5.91 Å². The lowest BCUT2D eigenvalue weighted by Crippen LogP contribution is -2.21. The van der Waals surface area contributed by atoms with Crippen molar-refractivity contribution >= 4 is 17.4 Å². The van der Waals surface area contributed by atoms with Crippen LogP contribution < -0.4 is 10.1 Å². The second-order valence-corrected chi connectivity index (χ2v) is 5.80. The summed E-state index contributed by atoms with van der Waals surface area (Å²) in [6.07, 6.45) is 3.86. The zero-order valence-electron chi connectivity index (χ0n) is 13.2. The largest absolute Gasteiger partial charge is 0.475 e. The number of carbonyl (C=O) groups excluding carboxylic acids is 2. The van der Waals surface area contributed by atoms with Gasteiger partial charge < -0.3 is 19.6 Å². The quantitative estimate of drug-likeness (QED) is 0.870. The molecule has 1 aliphatic carbocycles. The number of carbonyl (C=O) groups is 2. The molecule has 1 unspecified atom stereocenters. The molecule has 0 bridgehead atoms. The maximum Gasteiger partial charge on any atom is 0.259 e. The third kappa shape index (κ3) is 3.30. The number of aliphatic hydroxyl groups excluding tert-OH is 1. The van der Waals surface area contributed by atoms with E-state index in [4.69, 9.17) is 14.3 Å². The first-order chi connectivity index (χ1) is 11.6. The molecule has 2 aromatic heterocycles. The monoisotopic (exact) mass is 330 g/mol. The van der Waals surface area contributed by atoms with E-state index in [1.54, 1.807) is 12.1 Å². The highest BCUT2D eigenvalue weighted by Crippen LogP contribution is 2.29. The average molecular weight is 330 g/mol. The Kier molecular flexibility index (Phi) is 4.61. The molecule has 1 aliphatic rings. The predicted octanol–water partition coefficient (Wildman–Crippen LogP) is 2.06. The first kappa shape index (κ1) is 16.2. The lowest BCUT2D eigenvalue weighted by atomic mass is 9.87. The van der Waals surface area contributed by atoms with E-state index < -0.39 is 5.91 Å². The summed E-state index contributed by atoms with van der Waals surface area (Å²) in [6, 6.07) is 3.22. The molecule has 0 radical (unpaired) electrons. The van der Waals surface area contributed by atoms with E-state index in [1.807, 2.05) is 6.92 Å². The first-order valence-corrected chi connectivity index (χ1v) is 7.73. The molecular weight excluding hydrogens is 312 g/mol. The summed E-state index contributed by atoms with van der Waals surface area (Å²) >= 11 is 0. The van der Waals surface area contributed by atoms with E-state index in [0.29, 0.717) is 35.7 Å². The fourth-order valence-corrected chi connectivity index (χ4v) is 2.72. The highest BCUT2D eigenvalue weighted by molar-refractivity contribution is 6.13. The Morgan fingerprint density at radius 3 is 3.00 bits per heavy atom.